The van der Waals surface area contributed by atoms with Gasteiger partial charge >= 0.3 is 33.2 Å². The van der Waals surface area contributed by atoms with Crippen LogP contribution in [0.3, 0.4) is 0 Å². The zero-order chi connectivity index (χ0) is 2.71. The van der Waals surface area contributed by atoms with E-state index >= 15 is 0 Å². The van der Waals surface area contributed by atoms with Crippen molar-refractivity contribution in [2.24, 2.45) is 0 Å². The number of hydrogen-bond donors (Lipinski definition) is 0. The van der Waals surface area contributed by atoms with Crippen LogP contribution in [0.15, 0.2) is 0 Å². The van der Waals surface area contributed by atoms with Gasteiger partial charge in [0.2, 0.25) is 0 Å². The van der Waals surface area contributed by atoms with E-state index in [1.165, 1.54) is 0 Å². The van der Waals surface area contributed by atoms with Gasteiger partial charge in [-0.05, 0) is 0 Å². The van der Waals surface area contributed by atoms with Crippen LogP contribution < -0.4 is 0 Å². The minimum Gasteiger partial charge on any atom is 0 e. The second kappa shape index (κ2) is 8.83. The summed E-state index contributed by atoms with van der Waals surface area (Å²) >= 11 is 0.382. The van der Waals surface area contributed by atoms with Crippen molar-refractivity contribution < 1.29 is 32.4 Å². The van der Waals surface area contributed by atoms with E-state index in [9.17, 15) is 0 Å². The van der Waals surface area contributed by atoms with E-state index in [0.717, 1.165) is 0 Å². The van der Waals surface area contributed by atoms with Gasteiger partial charge in [0.05, 0.1) is 0 Å². The Balaban J connectivity index is 0. The van der Waals surface area contributed by atoms with Crippen LogP contribution in [0.1, 0.15) is 0 Å². The molecule has 0 spiro atoms. The molecule has 0 bridgehead atoms. The Bertz CT molecular complexity index is 6.00. The van der Waals surface area contributed by atoms with Gasteiger partial charge in [-0.3, -0.25) is 0 Å². The van der Waals surface area contributed by atoms with E-state index in [1.807, 2.05) is 0 Å². The molecule has 0 aliphatic heterocycles. The molecule has 25 valence electrons. The van der Waals surface area contributed by atoms with Crippen molar-refractivity contribution in [2.75, 3.05) is 0 Å². The van der Waals surface area contributed by atoms with Crippen molar-refractivity contribution in [3.63, 3.8) is 0 Å². The summed E-state index contributed by atoms with van der Waals surface area (Å²) in [6, 6.07) is 0. The van der Waals surface area contributed by atoms with E-state index in [0.29, 0.717) is 12.9 Å². The second-order valence-electron chi connectivity index (χ2n) is 0.0476. The first kappa shape index (κ1) is 9.20. The van der Waals surface area contributed by atoms with Crippen LogP contribution in [0.4, 0.5) is 0 Å². The summed E-state index contributed by atoms with van der Waals surface area (Å²) in [5, 5.41) is 0. The van der Waals surface area contributed by atoms with Gasteiger partial charge in [-0.25, -0.2) is 0 Å². The van der Waals surface area contributed by atoms with E-state index in [4.69, 9.17) is 20.3 Å². The molecule has 0 aliphatic rings. The van der Waals surface area contributed by atoms with Gasteiger partial charge in [-0.2, -0.15) is 0 Å². The molecule has 0 rings (SSSR count). The first-order valence-electron chi connectivity index (χ1n) is 0.252. The maximum Gasteiger partial charge on any atom is 0 e. The molecule has 0 saturated heterocycles. The average Bonchev–Trinajstić information content (AvgIpc) is 0.918. The fraction of sp³-hybridized carbons (Fsp3) is 0. The minimum absolute atomic E-state index is 0. The molecule has 4 heteroatoms. The predicted octanol–water partition coefficient (Wildman–Crippen LogP) is 1.37. The summed E-state index contributed by atoms with van der Waals surface area (Å²) in [6.45, 7) is 0. The molecule has 0 aromatic carbocycles. The molecule has 0 heterocycles. The van der Waals surface area contributed by atoms with Gasteiger partial charge in [0.25, 0.3) is 0 Å². The van der Waals surface area contributed by atoms with Crippen molar-refractivity contribution >= 4 is 20.3 Å². The molecule has 0 nitrogen and oxygen atoms in total. The minimum atomic E-state index is 0. The summed E-state index contributed by atoms with van der Waals surface area (Å²) in [5.74, 6) is 0. The molecule has 0 aromatic rings. The zero-order valence-electron chi connectivity index (χ0n) is 1.80. The monoisotopic (exact) mass is 193 g/mol. The second-order valence-corrected chi connectivity index (χ2v) is 1.77. The molecular weight excluding hydrogens is 195 g/mol. The fourth-order valence-corrected chi connectivity index (χ4v) is 0. The summed E-state index contributed by atoms with van der Waals surface area (Å²) in [7, 11) is 9.47. The summed E-state index contributed by atoms with van der Waals surface area (Å²) in [4.78, 5) is 0. The number of halogens is 2. The molecule has 0 amide bonds. The Hall–Kier alpha value is 1.71. The molecule has 0 radical (unpaired) electrons. The topological polar surface area (TPSA) is 0 Å². The Morgan fingerprint density at radius 1 is 1.25 bits per heavy atom. The van der Waals surface area contributed by atoms with Crippen LogP contribution in [0.5, 0.6) is 0 Å². The predicted molar refractivity (Wildman–Crippen MR) is 11.7 cm³/mol. The fourth-order valence-electron chi connectivity index (χ4n) is 0. The average molecular weight is 195 g/mol. The van der Waals surface area contributed by atoms with Gasteiger partial charge in [-0.15, -0.1) is 0 Å². The number of hydrogen-bond acceptors (Lipinski definition) is 0. The Labute approximate surface area is 52.5 Å². The van der Waals surface area contributed by atoms with Crippen LogP contribution in [-0.2, 0) is 32.4 Å². The molecule has 0 atom stereocenters. The molecular formula is Cl2CoZn. The van der Waals surface area contributed by atoms with Crippen LogP contribution in [0, 0.1) is 0 Å². The zero-order valence-corrected chi connectivity index (χ0v) is 7.32. The van der Waals surface area contributed by atoms with Crippen LogP contribution in [0.2, 0.25) is 0 Å². The molecule has 0 aliphatic carbocycles. The summed E-state index contributed by atoms with van der Waals surface area (Å²) in [5.41, 5.74) is 0. The SMILES string of the molecule is [Cl][Co][Cl].[Zn]. The van der Waals surface area contributed by atoms with E-state index in [2.05, 4.69) is 0 Å². The first-order valence-corrected chi connectivity index (χ1v) is 3.12. The quantitative estimate of drug-likeness (QED) is 0.512. The van der Waals surface area contributed by atoms with Crippen molar-refractivity contribution in [1.82, 2.24) is 0 Å². The van der Waals surface area contributed by atoms with Crippen LogP contribution >= 0.6 is 20.3 Å². The van der Waals surface area contributed by atoms with E-state index in [1.54, 1.807) is 0 Å². The molecule has 0 aromatic heterocycles. The third-order valence-electron chi connectivity index (χ3n) is 0. The third kappa shape index (κ3) is 9.32. The standard InChI is InChI=1S/2ClH.Co.Zn/h2*1H;;/q;;+2;/p-2. The van der Waals surface area contributed by atoms with Crippen molar-refractivity contribution in [1.29, 1.82) is 0 Å². The molecule has 0 unspecified atom stereocenters. The maximum atomic E-state index is 4.73. The van der Waals surface area contributed by atoms with Gasteiger partial charge in [0.15, 0.2) is 0 Å². The Morgan fingerprint density at radius 3 is 1.25 bits per heavy atom. The smallest absolute Gasteiger partial charge is 0 e. The van der Waals surface area contributed by atoms with Gasteiger partial charge in [-0.1, -0.05) is 0 Å². The van der Waals surface area contributed by atoms with Crippen molar-refractivity contribution in [2.45, 2.75) is 0 Å². The largest absolute Gasteiger partial charge is 0 e. The summed E-state index contributed by atoms with van der Waals surface area (Å²) in [6.07, 6.45) is 0. The molecule has 0 saturated carbocycles. The van der Waals surface area contributed by atoms with Crippen molar-refractivity contribution in [3.8, 4) is 0 Å². The summed E-state index contributed by atoms with van der Waals surface area (Å²) < 4.78 is 0. The van der Waals surface area contributed by atoms with Crippen LogP contribution in [0.25, 0.3) is 0 Å². The normalized spacial score (nSPS) is 5.50. The Kier molecular flexibility index (Phi) is 20.3. The van der Waals surface area contributed by atoms with Gasteiger partial charge in [0.1, 0.15) is 0 Å². The maximum absolute atomic E-state index is 4.73. The Morgan fingerprint density at radius 2 is 1.25 bits per heavy atom. The molecule has 4 heavy (non-hydrogen) atoms. The molecule has 0 N–H and O–H groups in total. The van der Waals surface area contributed by atoms with E-state index < -0.39 is 0 Å². The third-order valence-corrected chi connectivity index (χ3v) is 0. The van der Waals surface area contributed by atoms with Gasteiger partial charge < -0.3 is 0 Å². The van der Waals surface area contributed by atoms with Crippen LogP contribution in [-0.4, -0.2) is 0 Å². The molecule has 0 fully saturated rings. The number of rotatable bonds is 0. The van der Waals surface area contributed by atoms with E-state index in [-0.39, 0.29) is 19.5 Å². The first-order chi connectivity index (χ1) is 1.41. The van der Waals surface area contributed by atoms with Gasteiger partial charge in [0, 0.05) is 19.5 Å². The van der Waals surface area contributed by atoms with Crippen molar-refractivity contribution in [3.05, 3.63) is 0 Å².